The van der Waals surface area contributed by atoms with E-state index in [-0.39, 0.29) is 17.2 Å². The van der Waals surface area contributed by atoms with Crippen LogP contribution in [0.2, 0.25) is 5.02 Å². The molecule has 31 heavy (non-hydrogen) atoms. The van der Waals surface area contributed by atoms with E-state index < -0.39 is 4.92 Å². The highest BCUT2D eigenvalue weighted by atomic mass is 35.5. The molecule has 0 heterocycles. The normalized spacial score (nSPS) is 10.7. The number of methoxy groups -OCH3 is 2. The fourth-order valence-electron chi connectivity index (χ4n) is 2.77. The molecule has 8 heteroatoms. The summed E-state index contributed by atoms with van der Waals surface area (Å²) in [6.45, 7) is 0. The maximum absolute atomic E-state index is 12.5. The van der Waals surface area contributed by atoms with E-state index in [1.807, 2.05) is 0 Å². The van der Waals surface area contributed by atoms with Crippen molar-refractivity contribution in [1.29, 1.82) is 0 Å². The lowest BCUT2D eigenvalue weighted by molar-refractivity contribution is -0.385. The molecule has 158 valence electrons. The van der Waals surface area contributed by atoms with E-state index in [1.165, 1.54) is 38.5 Å². The van der Waals surface area contributed by atoms with Gasteiger partial charge in [-0.25, -0.2) is 0 Å². The summed E-state index contributed by atoms with van der Waals surface area (Å²) in [7, 11) is 2.98. The molecule has 0 saturated heterocycles. The highest BCUT2D eigenvalue weighted by Gasteiger charge is 2.17. The molecular formula is C23H18ClNO6. The van der Waals surface area contributed by atoms with Crippen LogP contribution in [0.15, 0.2) is 66.7 Å². The van der Waals surface area contributed by atoms with Gasteiger partial charge in [-0.2, -0.15) is 0 Å². The Bertz CT molecular complexity index is 1160. The highest BCUT2D eigenvalue weighted by Crippen LogP contribution is 2.35. The Hall–Kier alpha value is -3.84. The molecule has 0 fully saturated rings. The molecule has 7 nitrogen and oxygen atoms in total. The summed E-state index contributed by atoms with van der Waals surface area (Å²) in [6.07, 6.45) is 2.82. The number of benzene rings is 3. The third-order valence-corrected chi connectivity index (χ3v) is 4.64. The summed E-state index contributed by atoms with van der Waals surface area (Å²) in [5, 5.41) is 11.8. The summed E-state index contributed by atoms with van der Waals surface area (Å²) < 4.78 is 16.0. The number of allylic oxidation sites excluding steroid dienone is 1. The zero-order chi connectivity index (χ0) is 22.4. The van der Waals surface area contributed by atoms with Crippen LogP contribution < -0.4 is 14.2 Å². The van der Waals surface area contributed by atoms with Crippen molar-refractivity contribution in [3.63, 3.8) is 0 Å². The van der Waals surface area contributed by atoms with Gasteiger partial charge in [-0.3, -0.25) is 14.9 Å². The molecule has 0 aliphatic heterocycles. The number of carbonyl (C=O) groups is 1. The number of nitrogens with zero attached hydrogens (tertiary/aromatic N) is 1. The zero-order valence-electron chi connectivity index (χ0n) is 16.7. The smallest absolute Gasteiger partial charge is 0.312 e. The Morgan fingerprint density at radius 2 is 1.65 bits per heavy atom. The van der Waals surface area contributed by atoms with Crippen molar-refractivity contribution in [2.24, 2.45) is 0 Å². The molecule has 0 N–H and O–H groups in total. The van der Waals surface area contributed by atoms with Crippen LogP contribution in [-0.2, 0) is 0 Å². The third kappa shape index (κ3) is 5.21. The second kappa shape index (κ2) is 9.77. The number of halogens is 1. The van der Waals surface area contributed by atoms with Crippen LogP contribution in [0.1, 0.15) is 15.9 Å². The van der Waals surface area contributed by atoms with E-state index in [2.05, 4.69) is 0 Å². The van der Waals surface area contributed by atoms with Crippen molar-refractivity contribution in [2.75, 3.05) is 14.2 Å². The summed E-state index contributed by atoms with van der Waals surface area (Å²) in [4.78, 5) is 23.5. The van der Waals surface area contributed by atoms with Crippen LogP contribution in [0.25, 0.3) is 6.08 Å². The van der Waals surface area contributed by atoms with E-state index in [9.17, 15) is 14.9 Å². The number of hydrogen-bond donors (Lipinski definition) is 0. The molecule has 0 radical (unpaired) electrons. The van der Waals surface area contributed by atoms with Gasteiger partial charge < -0.3 is 14.2 Å². The van der Waals surface area contributed by atoms with Crippen molar-refractivity contribution in [2.45, 2.75) is 0 Å². The van der Waals surface area contributed by atoms with Gasteiger partial charge in [-0.15, -0.1) is 0 Å². The lowest BCUT2D eigenvalue weighted by Gasteiger charge is -2.08. The molecular weight excluding hydrogens is 422 g/mol. The molecule has 0 amide bonds. The summed E-state index contributed by atoms with van der Waals surface area (Å²) in [5.41, 5.74) is 0.606. The van der Waals surface area contributed by atoms with Crippen LogP contribution in [0, 0.1) is 10.1 Å². The first-order valence-electron chi connectivity index (χ1n) is 9.08. The number of carbonyl (C=O) groups excluding carboxylic acids is 1. The van der Waals surface area contributed by atoms with Gasteiger partial charge in [0.1, 0.15) is 5.75 Å². The topological polar surface area (TPSA) is 87.9 Å². The van der Waals surface area contributed by atoms with Gasteiger partial charge in [0.15, 0.2) is 17.3 Å². The van der Waals surface area contributed by atoms with Gasteiger partial charge in [0.25, 0.3) is 0 Å². The Labute approximate surface area is 183 Å². The first-order valence-corrected chi connectivity index (χ1v) is 9.46. The fourth-order valence-corrected chi connectivity index (χ4v) is 2.94. The number of ether oxygens (including phenoxy) is 3. The summed E-state index contributed by atoms with van der Waals surface area (Å²) in [6, 6.07) is 15.9. The highest BCUT2D eigenvalue weighted by molar-refractivity contribution is 6.32. The van der Waals surface area contributed by atoms with Crippen molar-refractivity contribution in [3.05, 3.63) is 93.0 Å². The molecule has 0 aromatic heterocycles. The predicted molar refractivity (Wildman–Crippen MR) is 118 cm³/mol. The van der Waals surface area contributed by atoms with Crippen LogP contribution in [0.5, 0.6) is 23.0 Å². The summed E-state index contributed by atoms with van der Waals surface area (Å²) in [5.74, 6) is 0.992. The molecule has 3 rings (SSSR count). The van der Waals surface area contributed by atoms with Crippen molar-refractivity contribution >= 4 is 29.1 Å². The third-order valence-electron chi connectivity index (χ3n) is 4.33. The van der Waals surface area contributed by atoms with Gasteiger partial charge >= 0.3 is 5.69 Å². The van der Waals surface area contributed by atoms with Crippen molar-refractivity contribution in [3.8, 4) is 23.0 Å². The maximum atomic E-state index is 12.5. The van der Waals surface area contributed by atoms with Crippen LogP contribution in [0.3, 0.4) is 0 Å². The number of hydrogen-bond acceptors (Lipinski definition) is 6. The van der Waals surface area contributed by atoms with Crippen LogP contribution in [-0.4, -0.2) is 24.9 Å². The molecule has 3 aromatic rings. The molecule has 0 atom stereocenters. The van der Waals surface area contributed by atoms with E-state index >= 15 is 0 Å². The molecule has 0 unspecified atom stereocenters. The molecule has 3 aromatic carbocycles. The Balaban J connectivity index is 1.84. The largest absolute Gasteiger partial charge is 0.493 e. The van der Waals surface area contributed by atoms with Crippen molar-refractivity contribution in [1.82, 2.24) is 0 Å². The minimum atomic E-state index is -0.556. The maximum Gasteiger partial charge on any atom is 0.312 e. The van der Waals surface area contributed by atoms with E-state index in [0.29, 0.717) is 33.4 Å². The van der Waals surface area contributed by atoms with Gasteiger partial charge in [-0.1, -0.05) is 35.9 Å². The number of nitro benzene ring substituents is 1. The molecule has 0 bridgehead atoms. The zero-order valence-corrected chi connectivity index (χ0v) is 17.5. The number of ketones is 1. The van der Waals surface area contributed by atoms with Gasteiger partial charge in [0, 0.05) is 11.6 Å². The first-order chi connectivity index (χ1) is 14.9. The van der Waals surface area contributed by atoms with E-state index in [4.69, 9.17) is 25.8 Å². The Morgan fingerprint density at radius 1 is 0.935 bits per heavy atom. The first kappa shape index (κ1) is 21.9. The molecule has 0 spiro atoms. The Morgan fingerprint density at radius 3 is 2.32 bits per heavy atom. The number of rotatable bonds is 8. The van der Waals surface area contributed by atoms with Crippen LogP contribution >= 0.6 is 11.6 Å². The second-order valence-corrected chi connectivity index (χ2v) is 6.69. The van der Waals surface area contributed by atoms with E-state index in [0.717, 1.165) is 0 Å². The number of para-hydroxylation sites is 1. The van der Waals surface area contributed by atoms with Gasteiger partial charge in [0.2, 0.25) is 5.75 Å². The SMILES string of the molecule is COc1ccc(C(=O)/C=C/c2ccc(Oc3ccccc3Cl)c([N+](=O)[O-])c2)cc1OC. The van der Waals surface area contributed by atoms with Crippen LogP contribution in [0.4, 0.5) is 5.69 Å². The number of nitro groups is 1. The fraction of sp³-hybridized carbons (Fsp3) is 0.0870. The molecule has 0 aliphatic rings. The quantitative estimate of drug-likeness (QED) is 0.186. The average molecular weight is 440 g/mol. The standard InChI is InChI=1S/C23H18ClNO6/c1-29-22-12-9-16(14-23(22)30-2)19(26)10-7-15-8-11-21(18(13-15)25(27)28)31-20-6-4-3-5-17(20)24/h3-14H,1-2H3/b10-7+. The average Bonchev–Trinajstić information content (AvgIpc) is 2.78. The van der Waals surface area contributed by atoms with E-state index in [1.54, 1.807) is 48.5 Å². The predicted octanol–water partition coefficient (Wildman–Crippen LogP) is 5.95. The summed E-state index contributed by atoms with van der Waals surface area (Å²) >= 11 is 6.06. The molecule has 0 aliphatic carbocycles. The Kier molecular flexibility index (Phi) is 6.89. The second-order valence-electron chi connectivity index (χ2n) is 6.28. The minimum Gasteiger partial charge on any atom is -0.493 e. The monoisotopic (exact) mass is 439 g/mol. The molecule has 0 saturated carbocycles. The lowest BCUT2D eigenvalue weighted by atomic mass is 10.1. The lowest BCUT2D eigenvalue weighted by Crippen LogP contribution is -1.97. The van der Waals surface area contributed by atoms with Gasteiger partial charge in [-0.05, 0) is 48.0 Å². The minimum absolute atomic E-state index is 0.0430. The van der Waals surface area contributed by atoms with Gasteiger partial charge in [0.05, 0.1) is 24.2 Å². The van der Waals surface area contributed by atoms with Crippen molar-refractivity contribution < 1.29 is 23.9 Å².